The third kappa shape index (κ3) is 3.28. The Balaban J connectivity index is 2.19. The average molecular weight is 308 g/mol. The van der Waals surface area contributed by atoms with Gasteiger partial charge in [0.1, 0.15) is 0 Å². The first kappa shape index (κ1) is 14.8. The zero-order valence-electron chi connectivity index (χ0n) is 10.8. The molecule has 2 rings (SSSR count). The van der Waals surface area contributed by atoms with Crippen LogP contribution in [-0.4, -0.2) is 46.6 Å². The highest BCUT2D eigenvalue weighted by Gasteiger charge is 2.38. The Bertz CT molecular complexity index is 520. The first-order valence-corrected chi connectivity index (χ1v) is 8.10. The van der Waals surface area contributed by atoms with Gasteiger partial charge in [0.2, 0.25) is 5.28 Å². The number of aliphatic hydroxyl groups is 1. The third-order valence-corrected chi connectivity index (χ3v) is 5.29. The Morgan fingerprint density at radius 2 is 2.21 bits per heavy atom. The predicted octanol–water partition coefficient (Wildman–Crippen LogP) is 0.999. The van der Waals surface area contributed by atoms with Crippen molar-refractivity contribution >= 4 is 21.6 Å². The predicted molar refractivity (Wildman–Crippen MR) is 71.5 cm³/mol. The number of aliphatic hydroxyl groups excluding tert-OH is 1. The van der Waals surface area contributed by atoms with Gasteiger partial charge in [0, 0.05) is 32.4 Å². The fourth-order valence-corrected chi connectivity index (χ4v) is 3.80. The van der Waals surface area contributed by atoms with E-state index < -0.39 is 10.0 Å². The standard InChI is InChI=1S/C11H18ClN3O3S/c1-14-8-10(13-11(14)12)19(17,18)15(9-4-5-9)6-2-3-7-16/h8-9,16H,2-7H2,1H3. The topological polar surface area (TPSA) is 75.4 Å². The molecule has 108 valence electrons. The normalized spacial score (nSPS) is 16.2. The Morgan fingerprint density at radius 3 is 2.68 bits per heavy atom. The third-order valence-electron chi connectivity index (χ3n) is 3.11. The van der Waals surface area contributed by atoms with Crippen LogP contribution in [0.25, 0.3) is 0 Å². The SMILES string of the molecule is Cn1cc(S(=O)(=O)N(CCCCO)C2CC2)nc1Cl. The first-order chi connectivity index (χ1) is 8.96. The molecule has 1 aliphatic carbocycles. The van der Waals surface area contributed by atoms with E-state index in [0.29, 0.717) is 19.4 Å². The van der Waals surface area contributed by atoms with Gasteiger partial charge < -0.3 is 9.67 Å². The molecule has 0 amide bonds. The summed E-state index contributed by atoms with van der Waals surface area (Å²) >= 11 is 5.80. The molecule has 6 nitrogen and oxygen atoms in total. The van der Waals surface area contributed by atoms with E-state index in [1.54, 1.807) is 7.05 Å². The zero-order valence-corrected chi connectivity index (χ0v) is 12.4. The van der Waals surface area contributed by atoms with Crippen molar-refractivity contribution in [3.8, 4) is 0 Å². The van der Waals surface area contributed by atoms with E-state index >= 15 is 0 Å². The molecule has 0 spiro atoms. The summed E-state index contributed by atoms with van der Waals surface area (Å²) < 4.78 is 28.0. The zero-order chi connectivity index (χ0) is 14.0. The number of sulfonamides is 1. The molecule has 1 aliphatic rings. The van der Waals surface area contributed by atoms with E-state index in [9.17, 15) is 8.42 Å². The maximum Gasteiger partial charge on any atom is 0.262 e. The lowest BCUT2D eigenvalue weighted by atomic mass is 10.3. The minimum atomic E-state index is -3.58. The fourth-order valence-electron chi connectivity index (χ4n) is 1.90. The largest absolute Gasteiger partial charge is 0.396 e. The van der Waals surface area contributed by atoms with Crippen molar-refractivity contribution in [2.45, 2.75) is 36.8 Å². The van der Waals surface area contributed by atoms with Crippen molar-refractivity contribution in [1.82, 2.24) is 13.9 Å². The minimum absolute atomic E-state index is 0.00380. The maximum absolute atomic E-state index is 12.5. The number of hydrogen-bond acceptors (Lipinski definition) is 4. The van der Waals surface area contributed by atoms with Crippen LogP contribution in [0.1, 0.15) is 25.7 Å². The number of imidazole rings is 1. The summed E-state index contributed by atoms with van der Waals surface area (Å²) in [5.41, 5.74) is 0. The molecule has 0 radical (unpaired) electrons. The number of rotatable bonds is 7. The van der Waals surface area contributed by atoms with Gasteiger partial charge in [-0.05, 0) is 37.3 Å². The van der Waals surface area contributed by atoms with Crippen LogP contribution in [0.3, 0.4) is 0 Å². The second-order valence-electron chi connectivity index (χ2n) is 4.74. The molecule has 1 N–H and O–H groups in total. The van der Waals surface area contributed by atoms with Crippen molar-refractivity contribution in [2.75, 3.05) is 13.2 Å². The van der Waals surface area contributed by atoms with E-state index in [1.807, 2.05) is 0 Å². The lowest BCUT2D eigenvalue weighted by Crippen LogP contribution is -2.34. The highest BCUT2D eigenvalue weighted by Crippen LogP contribution is 2.32. The second-order valence-corrected chi connectivity index (χ2v) is 6.91. The molecule has 1 heterocycles. The molecule has 0 aliphatic heterocycles. The molecule has 0 saturated heterocycles. The lowest BCUT2D eigenvalue weighted by Gasteiger charge is -2.20. The van der Waals surface area contributed by atoms with Gasteiger partial charge in [-0.1, -0.05) is 0 Å². The van der Waals surface area contributed by atoms with Crippen LogP contribution in [0, 0.1) is 0 Å². The van der Waals surface area contributed by atoms with E-state index in [4.69, 9.17) is 16.7 Å². The van der Waals surface area contributed by atoms with E-state index in [-0.39, 0.29) is 23.0 Å². The molecule has 0 aromatic carbocycles. The molecule has 1 saturated carbocycles. The Kier molecular flexibility index (Phi) is 4.50. The van der Waals surface area contributed by atoms with E-state index in [2.05, 4.69) is 4.98 Å². The van der Waals surface area contributed by atoms with Crippen molar-refractivity contribution < 1.29 is 13.5 Å². The summed E-state index contributed by atoms with van der Waals surface area (Å²) in [6, 6.07) is 0.0736. The highest BCUT2D eigenvalue weighted by molar-refractivity contribution is 7.89. The Morgan fingerprint density at radius 1 is 1.53 bits per heavy atom. The number of nitrogens with zero attached hydrogens (tertiary/aromatic N) is 3. The van der Waals surface area contributed by atoms with Crippen LogP contribution in [0.2, 0.25) is 5.28 Å². The highest BCUT2D eigenvalue weighted by atomic mass is 35.5. The molecule has 0 unspecified atom stereocenters. The molecule has 1 fully saturated rings. The molecule has 1 aromatic rings. The smallest absolute Gasteiger partial charge is 0.262 e. The van der Waals surface area contributed by atoms with Gasteiger partial charge in [-0.25, -0.2) is 13.4 Å². The second kappa shape index (κ2) is 5.78. The molecule has 1 aromatic heterocycles. The molecule has 8 heteroatoms. The van der Waals surface area contributed by atoms with Gasteiger partial charge in [0.25, 0.3) is 10.0 Å². The van der Waals surface area contributed by atoms with Crippen LogP contribution in [0.4, 0.5) is 0 Å². The maximum atomic E-state index is 12.5. The van der Waals surface area contributed by atoms with Crippen LogP contribution in [0.15, 0.2) is 11.2 Å². The number of unbranched alkanes of at least 4 members (excludes halogenated alkanes) is 1. The van der Waals surface area contributed by atoms with Crippen LogP contribution >= 0.6 is 11.6 Å². The number of aromatic nitrogens is 2. The number of hydrogen-bond donors (Lipinski definition) is 1. The Hall–Kier alpha value is -0.630. The van der Waals surface area contributed by atoms with Crippen molar-refractivity contribution in [3.05, 3.63) is 11.5 Å². The molecule has 0 atom stereocenters. The van der Waals surface area contributed by atoms with E-state index in [1.165, 1.54) is 15.1 Å². The minimum Gasteiger partial charge on any atom is -0.396 e. The van der Waals surface area contributed by atoms with Gasteiger partial charge in [0.15, 0.2) is 5.03 Å². The summed E-state index contributed by atoms with van der Waals surface area (Å²) in [6.45, 7) is 0.496. The van der Waals surface area contributed by atoms with Gasteiger partial charge in [0.05, 0.1) is 0 Å². The lowest BCUT2D eigenvalue weighted by molar-refractivity contribution is 0.275. The van der Waals surface area contributed by atoms with Crippen molar-refractivity contribution in [1.29, 1.82) is 0 Å². The monoisotopic (exact) mass is 307 g/mol. The fraction of sp³-hybridized carbons (Fsp3) is 0.727. The van der Waals surface area contributed by atoms with Crippen molar-refractivity contribution in [2.24, 2.45) is 7.05 Å². The Labute approximate surface area is 118 Å². The van der Waals surface area contributed by atoms with Gasteiger partial charge in [-0.3, -0.25) is 0 Å². The number of aryl methyl sites for hydroxylation is 1. The van der Waals surface area contributed by atoms with Crippen LogP contribution < -0.4 is 0 Å². The molecular formula is C11H18ClN3O3S. The van der Waals surface area contributed by atoms with Crippen LogP contribution in [-0.2, 0) is 17.1 Å². The first-order valence-electron chi connectivity index (χ1n) is 6.28. The van der Waals surface area contributed by atoms with Crippen LogP contribution in [0.5, 0.6) is 0 Å². The average Bonchev–Trinajstić information content (AvgIpc) is 3.12. The molecule has 19 heavy (non-hydrogen) atoms. The summed E-state index contributed by atoms with van der Waals surface area (Å²) in [5.74, 6) is 0. The number of halogens is 1. The van der Waals surface area contributed by atoms with Gasteiger partial charge >= 0.3 is 0 Å². The summed E-state index contributed by atoms with van der Waals surface area (Å²) in [7, 11) is -1.93. The summed E-state index contributed by atoms with van der Waals surface area (Å²) in [6.07, 6.45) is 4.45. The van der Waals surface area contributed by atoms with Gasteiger partial charge in [-0.15, -0.1) is 0 Å². The van der Waals surface area contributed by atoms with Gasteiger partial charge in [-0.2, -0.15) is 4.31 Å². The quantitative estimate of drug-likeness (QED) is 0.763. The van der Waals surface area contributed by atoms with Crippen molar-refractivity contribution in [3.63, 3.8) is 0 Å². The summed E-state index contributed by atoms with van der Waals surface area (Å²) in [4.78, 5) is 3.89. The van der Waals surface area contributed by atoms with E-state index in [0.717, 1.165) is 12.8 Å². The summed E-state index contributed by atoms with van der Waals surface area (Å²) in [5, 5.41) is 8.95. The molecule has 0 bridgehead atoms. The molecular weight excluding hydrogens is 290 g/mol.